The fraction of sp³-hybridized carbons (Fsp3) is 0.840. The molecule has 1 saturated heterocycles. The Labute approximate surface area is 178 Å². The monoisotopic (exact) mass is 413 g/mol. The summed E-state index contributed by atoms with van der Waals surface area (Å²) in [5.74, 6) is 0.615. The number of hydrogen-bond acceptors (Lipinski definition) is 5. The number of aliphatic hydroxyl groups is 3. The Morgan fingerprint density at radius 3 is 2.63 bits per heavy atom. The summed E-state index contributed by atoms with van der Waals surface area (Å²) in [5, 5.41) is 34.5. The maximum Gasteiger partial charge on any atom is 0.123 e. The van der Waals surface area contributed by atoms with Gasteiger partial charge in [0.25, 0.3) is 0 Å². The summed E-state index contributed by atoms with van der Waals surface area (Å²) in [6, 6.07) is 0. The Morgan fingerprint density at radius 2 is 2.00 bits per heavy atom. The lowest BCUT2D eigenvalue weighted by Gasteiger charge is -2.79. The second-order valence-electron chi connectivity index (χ2n) is 12.5. The minimum Gasteiger partial charge on any atom is -0.392 e. The fourth-order valence-corrected chi connectivity index (χ4v) is 10.9. The lowest BCUT2D eigenvalue weighted by Crippen LogP contribution is -2.89. The number of hydrogen-bond donors (Lipinski definition) is 4. The van der Waals surface area contributed by atoms with Gasteiger partial charge >= 0.3 is 0 Å². The van der Waals surface area contributed by atoms with E-state index in [2.05, 4.69) is 33.8 Å². The first kappa shape index (κ1) is 18.8. The Kier molecular flexibility index (Phi) is 2.92. The van der Waals surface area contributed by atoms with Crippen molar-refractivity contribution in [3.8, 4) is 0 Å². The normalized spacial score (nSPS) is 65.5. The fourth-order valence-electron chi connectivity index (χ4n) is 10.9. The SMILES string of the molecule is CC1=C[C@]23C(O)[C@@H](C=C(CO)[C@@H](O)[C@@]24OC25CCC(C2)C154)[C@@]1(N)C(C[C@H]3C)C1(C)C. The summed E-state index contributed by atoms with van der Waals surface area (Å²) in [6.07, 6.45) is 6.74. The van der Waals surface area contributed by atoms with Crippen LogP contribution in [0.15, 0.2) is 23.3 Å². The molecule has 7 aliphatic carbocycles. The summed E-state index contributed by atoms with van der Waals surface area (Å²) in [5.41, 5.74) is 6.40. The molecule has 30 heavy (non-hydrogen) atoms. The number of ether oxygens (including phenoxy) is 1. The van der Waals surface area contributed by atoms with Gasteiger partial charge in [-0.2, -0.15) is 0 Å². The quantitative estimate of drug-likeness (QED) is 0.493. The molecule has 0 radical (unpaired) electrons. The van der Waals surface area contributed by atoms with Crippen molar-refractivity contribution in [3.63, 3.8) is 0 Å². The number of fused-ring (bicyclic) bond motifs is 4. The molecule has 8 aliphatic rings. The second kappa shape index (κ2) is 4.65. The zero-order chi connectivity index (χ0) is 21.3. The molecule has 0 amide bonds. The zero-order valence-electron chi connectivity index (χ0n) is 18.5. The smallest absolute Gasteiger partial charge is 0.123 e. The molecule has 4 spiro atoms. The Hall–Kier alpha value is -0.720. The third-order valence-electron chi connectivity index (χ3n) is 12.0. The van der Waals surface area contributed by atoms with Crippen molar-refractivity contribution in [2.75, 3.05) is 6.61 Å². The molecule has 6 fully saturated rings. The van der Waals surface area contributed by atoms with Crippen LogP contribution in [-0.4, -0.2) is 50.9 Å². The highest BCUT2D eigenvalue weighted by Gasteiger charge is 2.96. The maximum absolute atomic E-state index is 12.2. The van der Waals surface area contributed by atoms with E-state index in [0.717, 1.165) is 25.7 Å². The van der Waals surface area contributed by atoms with Crippen LogP contribution in [-0.2, 0) is 4.74 Å². The predicted octanol–water partition coefficient (Wildman–Crippen LogP) is 1.90. The molecule has 164 valence electrons. The molecule has 0 aromatic carbocycles. The van der Waals surface area contributed by atoms with Gasteiger partial charge in [0.2, 0.25) is 0 Å². The third-order valence-corrected chi connectivity index (χ3v) is 12.0. The molecule has 5 N–H and O–H groups in total. The topological polar surface area (TPSA) is 95.9 Å². The number of rotatable bonds is 1. The maximum atomic E-state index is 12.2. The average molecular weight is 414 g/mol. The highest BCUT2D eigenvalue weighted by atomic mass is 16.6. The zero-order valence-corrected chi connectivity index (χ0v) is 18.5. The van der Waals surface area contributed by atoms with Crippen LogP contribution < -0.4 is 5.73 Å². The van der Waals surface area contributed by atoms with E-state index >= 15 is 0 Å². The van der Waals surface area contributed by atoms with Gasteiger partial charge in [0, 0.05) is 11.5 Å². The number of nitrogens with two attached hydrogens (primary N) is 1. The molecular formula is C25H35NO4. The summed E-state index contributed by atoms with van der Waals surface area (Å²) in [7, 11) is 0. The molecule has 5 unspecified atom stereocenters. The first-order valence-electron chi connectivity index (χ1n) is 11.9. The summed E-state index contributed by atoms with van der Waals surface area (Å²) in [6.45, 7) is 8.62. The highest BCUT2D eigenvalue weighted by Crippen LogP contribution is 2.90. The summed E-state index contributed by atoms with van der Waals surface area (Å²) >= 11 is 0. The van der Waals surface area contributed by atoms with Crippen molar-refractivity contribution in [1.29, 1.82) is 0 Å². The minimum atomic E-state index is -0.922. The van der Waals surface area contributed by atoms with Crippen LogP contribution in [0.25, 0.3) is 0 Å². The van der Waals surface area contributed by atoms with Crippen LogP contribution in [0.2, 0.25) is 0 Å². The first-order chi connectivity index (χ1) is 14.0. The van der Waals surface area contributed by atoms with E-state index in [9.17, 15) is 15.3 Å². The van der Waals surface area contributed by atoms with Crippen LogP contribution in [0.4, 0.5) is 0 Å². The average Bonchev–Trinajstić information content (AvgIpc) is 3.08. The molecule has 1 aliphatic heterocycles. The summed E-state index contributed by atoms with van der Waals surface area (Å²) < 4.78 is 6.97. The molecule has 4 bridgehead atoms. The van der Waals surface area contributed by atoms with Crippen LogP contribution in [0.3, 0.4) is 0 Å². The van der Waals surface area contributed by atoms with Crippen molar-refractivity contribution in [2.24, 2.45) is 45.7 Å². The van der Waals surface area contributed by atoms with Crippen LogP contribution >= 0.6 is 0 Å². The summed E-state index contributed by atoms with van der Waals surface area (Å²) in [4.78, 5) is 0. The minimum absolute atomic E-state index is 0.0831. The molecule has 8 rings (SSSR count). The molecule has 1 heterocycles. The first-order valence-corrected chi connectivity index (χ1v) is 11.9. The second-order valence-corrected chi connectivity index (χ2v) is 12.5. The van der Waals surface area contributed by atoms with E-state index in [4.69, 9.17) is 10.5 Å². The molecular weight excluding hydrogens is 378 g/mol. The van der Waals surface area contributed by atoms with E-state index in [-0.39, 0.29) is 34.9 Å². The number of aliphatic hydroxyl groups excluding tert-OH is 3. The van der Waals surface area contributed by atoms with Crippen molar-refractivity contribution in [3.05, 3.63) is 23.3 Å². The van der Waals surface area contributed by atoms with Crippen molar-refractivity contribution in [2.45, 2.75) is 82.3 Å². The lowest BCUT2D eigenvalue weighted by molar-refractivity contribution is -0.460. The Bertz CT molecular complexity index is 953. The van der Waals surface area contributed by atoms with Gasteiger partial charge < -0.3 is 25.8 Å². The van der Waals surface area contributed by atoms with Gasteiger partial charge in [-0.1, -0.05) is 38.5 Å². The molecule has 11 atom stereocenters. The van der Waals surface area contributed by atoms with E-state index < -0.39 is 28.8 Å². The van der Waals surface area contributed by atoms with Crippen molar-refractivity contribution < 1.29 is 20.1 Å². The highest BCUT2D eigenvalue weighted by molar-refractivity contribution is 5.57. The molecule has 5 saturated carbocycles. The van der Waals surface area contributed by atoms with Gasteiger partial charge in [0.05, 0.1) is 29.1 Å². The third kappa shape index (κ3) is 1.28. The van der Waals surface area contributed by atoms with E-state index in [1.54, 1.807) is 0 Å². The van der Waals surface area contributed by atoms with Crippen LogP contribution in [0.5, 0.6) is 0 Å². The van der Waals surface area contributed by atoms with Gasteiger partial charge in [-0.25, -0.2) is 0 Å². The molecule has 0 aromatic heterocycles. The molecule has 0 aromatic rings. The van der Waals surface area contributed by atoms with Crippen molar-refractivity contribution >= 4 is 0 Å². The van der Waals surface area contributed by atoms with E-state index in [1.165, 1.54) is 5.57 Å². The largest absolute Gasteiger partial charge is 0.392 e. The molecule has 5 heteroatoms. The Balaban J connectivity index is 1.53. The van der Waals surface area contributed by atoms with Crippen LogP contribution in [0.1, 0.15) is 53.4 Å². The van der Waals surface area contributed by atoms with Crippen LogP contribution in [0, 0.1) is 39.9 Å². The Morgan fingerprint density at radius 1 is 1.27 bits per heavy atom. The van der Waals surface area contributed by atoms with Gasteiger partial charge in [-0.15, -0.1) is 0 Å². The standard InChI is InChI=1S/C25H35NO4/c1-12-7-17-20(3,4)24(17,26)16-8-14(11-27)18(28)25-22(12,19(16)29)9-13(2)23(25)15-5-6-21(23,10-15)30-25/h8-9,12,15-19,27-29H,5-7,10-11,26H2,1-4H3/t12-,15?,16-,17?,18-,19?,21?,22+,23?,24-,25-/m1/s1. The van der Waals surface area contributed by atoms with Gasteiger partial charge in [0.1, 0.15) is 11.7 Å². The molecule has 5 nitrogen and oxygen atoms in total. The van der Waals surface area contributed by atoms with Gasteiger partial charge in [-0.05, 0) is 61.3 Å². The van der Waals surface area contributed by atoms with Gasteiger partial charge in [-0.3, -0.25) is 0 Å². The van der Waals surface area contributed by atoms with E-state index in [0.29, 0.717) is 17.4 Å². The van der Waals surface area contributed by atoms with E-state index in [1.807, 2.05) is 6.08 Å². The lowest BCUT2D eigenvalue weighted by atomic mass is 9.37. The predicted molar refractivity (Wildman–Crippen MR) is 111 cm³/mol. The van der Waals surface area contributed by atoms with Crippen molar-refractivity contribution in [1.82, 2.24) is 0 Å². The van der Waals surface area contributed by atoms with Gasteiger partial charge in [0.15, 0.2) is 0 Å².